The standard InChI is InChI=1S/C19H21N3O2/c1-3-22(15-7-4-6-13(2)12-15)19(24)17-9-5-8-16(21-17)18(23)20-14-10-11-14/h4-9,12,14H,3,10-11H2,1-2H3,(H,20,23). The van der Waals surface area contributed by atoms with Crippen LogP contribution in [0.5, 0.6) is 0 Å². The summed E-state index contributed by atoms with van der Waals surface area (Å²) in [5.41, 5.74) is 2.48. The van der Waals surface area contributed by atoms with Crippen molar-refractivity contribution < 1.29 is 9.59 Å². The van der Waals surface area contributed by atoms with Crippen LogP contribution < -0.4 is 10.2 Å². The average molecular weight is 323 g/mol. The van der Waals surface area contributed by atoms with Crippen LogP contribution in [0.2, 0.25) is 0 Å². The summed E-state index contributed by atoms with van der Waals surface area (Å²) in [6, 6.07) is 13.0. The van der Waals surface area contributed by atoms with Crippen LogP contribution >= 0.6 is 0 Å². The first-order valence-electron chi connectivity index (χ1n) is 8.25. The molecule has 1 fully saturated rings. The van der Waals surface area contributed by atoms with Gasteiger partial charge in [-0.05, 0) is 56.5 Å². The number of aryl methyl sites for hydroxylation is 1. The first kappa shape index (κ1) is 16.2. The van der Waals surface area contributed by atoms with Gasteiger partial charge in [-0.15, -0.1) is 0 Å². The van der Waals surface area contributed by atoms with Crippen LogP contribution in [0.3, 0.4) is 0 Å². The second kappa shape index (κ2) is 6.83. The van der Waals surface area contributed by atoms with E-state index in [1.807, 2.05) is 38.1 Å². The molecule has 0 bridgehead atoms. The Labute approximate surface area is 141 Å². The van der Waals surface area contributed by atoms with Gasteiger partial charge in [0.25, 0.3) is 11.8 Å². The van der Waals surface area contributed by atoms with Crippen LogP contribution in [0.25, 0.3) is 0 Å². The van der Waals surface area contributed by atoms with Gasteiger partial charge >= 0.3 is 0 Å². The summed E-state index contributed by atoms with van der Waals surface area (Å²) < 4.78 is 0. The lowest BCUT2D eigenvalue weighted by molar-refractivity contribution is 0.0945. The van der Waals surface area contributed by atoms with Gasteiger partial charge in [0.15, 0.2) is 0 Å². The Bertz CT molecular complexity index is 769. The van der Waals surface area contributed by atoms with Gasteiger partial charge in [-0.1, -0.05) is 18.2 Å². The maximum Gasteiger partial charge on any atom is 0.276 e. The molecule has 1 N–H and O–H groups in total. The molecule has 5 heteroatoms. The second-order valence-electron chi connectivity index (χ2n) is 6.04. The van der Waals surface area contributed by atoms with Crippen molar-refractivity contribution in [1.29, 1.82) is 0 Å². The fourth-order valence-electron chi connectivity index (χ4n) is 2.54. The van der Waals surface area contributed by atoms with Gasteiger partial charge in [0.2, 0.25) is 0 Å². The van der Waals surface area contributed by atoms with Crippen LogP contribution in [0.15, 0.2) is 42.5 Å². The molecule has 3 rings (SSSR count). The normalized spacial score (nSPS) is 13.4. The van der Waals surface area contributed by atoms with Crippen molar-refractivity contribution in [3.63, 3.8) is 0 Å². The topological polar surface area (TPSA) is 62.3 Å². The van der Waals surface area contributed by atoms with Crippen LogP contribution in [0.4, 0.5) is 5.69 Å². The highest BCUT2D eigenvalue weighted by Gasteiger charge is 2.25. The van der Waals surface area contributed by atoms with Gasteiger partial charge < -0.3 is 10.2 Å². The van der Waals surface area contributed by atoms with E-state index in [9.17, 15) is 9.59 Å². The molecule has 0 aliphatic heterocycles. The average Bonchev–Trinajstić information content (AvgIpc) is 3.39. The third-order valence-corrected chi connectivity index (χ3v) is 3.99. The summed E-state index contributed by atoms with van der Waals surface area (Å²) in [4.78, 5) is 30.9. The first-order chi connectivity index (χ1) is 11.6. The summed E-state index contributed by atoms with van der Waals surface area (Å²) in [6.45, 7) is 4.44. The first-order valence-corrected chi connectivity index (χ1v) is 8.25. The third-order valence-electron chi connectivity index (χ3n) is 3.99. The SMILES string of the molecule is CCN(C(=O)c1cccc(C(=O)NC2CC2)n1)c1cccc(C)c1. The van der Waals surface area contributed by atoms with E-state index in [0.29, 0.717) is 6.54 Å². The molecule has 2 aromatic rings. The number of pyridine rings is 1. The van der Waals surface area contributed by atoms with Crippen molar-refractivity contribution in [2.45, 2.75) is 32.7 Å². The molecule has 1 saturated carbocycles. The predicted octanol–water partition coefficient (Wildman–Crippen LogP) is 2.95. The molecule has 24 heavy (non-hydrogen) atoms. The lowest BCUT2D eigenvalue weighted by atomic mass is 10.2. The largest absolute Gasteiger partial charge is 0.348 e. The summed E-state index contributed by atoms with van der Waals surface area (Å²) in [7, 11) is 0. The molecule has 0 spiro atoms. The number of nitrogens with one attached hydrogen (secondary N) is 1. The molecule has 0 radical (unpaired) electrons. The van der Waals surface area contributed by atoms with Gasteiger partial charge in [0.1, 0.15) is 11.4 Å². The maximum absolute atomic E-state index is 12.8. The van der Waals surface area contributed by atoms with Gasteiger partial charge in [0.05, 0.1) is 0 Å². The van der Waals surface area contributed by atoms with Gasteiger partial charge in [-0.25, -0.2) is 4.98 Å². The minimum Gasteiger partial charge on any atom is -0.348 e. The van der Waals surface area contributed by atoms with Crippen LogP contribution in [-0.4, -0.2) is 29.4 Å². The molecule has 0 unspecified atom stereocenters. The molecule has 2 amide bonds. The number of aromatic nitrogens is 1. The number of carbonyl (C=O) groups is 2. The molecule has 1 aliphatic rings. The summed E-state index contributed by atoms with van der Waals surface area (Å²) in [6.07, 6.45) is 2.03. The fraction of sp³-hybridized carbons (Fsp3) is 0.316. The molecule has 1 aromatic heterocycles. The number of hydrogen-bond acceptors (Lipinski definition) is 3. The number of benzene rings is 1. The van der Waals surface area contributed by atoms with Crippen molar-refractivity contribution in [3.8, 4) is 0 Å². The third kappa shape index (κ3) is 3.62. The highest BCUT2D eigenvalue weighted by molar-refractivity contribution is 6.05. The monoisotopic (exact) mass is 323 g/mol. The van der Waals surface area contributed by atoms with E-state index in [4.69, 9.17) is 0 Å². The number of hydrogen-bond donors (Lipinski definition) is 1. The van der Waals surface area contributed by atoms with E-state index >= 15 is 0 Å². The molecule has 124 valence electrons. The quantitative estimate of drug-likeness (QED) is 0.920. The Morgan fingerprint density at radius 2 is 1.88 bits per heavy atom. The molecule has 1 heterocycles. The van der Waals surface area contributed by atoms with Crippen molar-refractivity contribution >= 4 is 17.5 Å². The number of nitrogens with zero attached hydrogens (tertiary/aromatic N) is 2. The molecule has 1 aromatic carbocycles. The smallest absolute Gasteiger partial charge is 0.276 e. The van der Waals surface area contributed by atoms with Crippen molar-refractivity contribution in [1.82, 2.24) is 10.3 Å². The van der Waals surface area contributed by atoms with E-state index in [2.05, 4.69) is 10.3 Å². The molecule has 1 aliphatic carbocycles. The lowest BCUT2D eigenvalue weighted by Gasteiger charge is -2.21. The zero-order valence-electron chi connectivity index (χ0n) is 14.0. The van der Waals surface area contributed by atoms with Gasteiger partial charge in [-0.2, -0.15) is 0 Å². The van der Waals surface area contributed by atoms with E-state index in [-0.39, 0.29) is 29.2 Å². The van der Waals surface area contributed by atoms with Crippen molar-refractivity contribution in [2.24, 2.45) is 0 Å². The highest BCUT2D eigenvalue weighted by atomic mass is 16.2. The zero-order valence-corrected chi connectivity index (χ0v) is 14.0. The number of rotatable bonds is 5. The van der Waals surface area contributed by atoms with Gasteiger partial charge in [0, 0.05) is 18.3 Å². The Hall–Kier alpha value is -2.69. The van der Waals surface area contributed by atoms with Crippen LogP contribution in [0, 0.1) is 6.92 Å². The Balaban J connectivity index is 1.83. The molecular weight excluding hydrogens is 302 g/mol. The minimum atomic E-state index is -0.217. The van der Waals surface area contributed by atoms with Crippen molar-refractivity contribution in [3.05, 3.63) is 59.4 Å². The predicted molar refractivity (Wildman–Crippen MR) is 93.3 cm³/mol. The van der Waals surface area contributed by atoms with E-state index in [1.165, 1.54) is 0 Å². The zero-order chi connectivity index (χ0) is 17.1. The molecule has 0 saturated heterocycles. The number of amides is 2. The Morgan fingerprint density at radius 1 is 1.17 bits per heavy atom. The van der Waals surface area contributed by atoms with Gasteiger partial charge in [-0.3, -0.25) is 9.59 Å². The summed E-state index contributed by atoms with van der Waals surface area (Å²) in [5.74, 6) is -0.421. The molecule has 5 nitrogen and oxygen atoms in total. The number of anilines is 1. The fourth-order valence-corrected chi connectivity index (χ4v) is 2.54. The van der Waals surface area contributed by atoms with E-state index in [0.717, 1.165) is 24.1 Å². The Kier molecular flexibility index (Phi) is 4.60. The maximum atomic E-state index is 12.8. The summed E-state index contributed by atoms with van der Waals surface area (Å²) >= 11 is 0. The van der Waals surface area contributed by atoms with E-state index < -0.39 is 0 Å². The molecular formula is C19H21N3O2. The van der Waals surface area contributed by atoms with E-state index in [1.54, 1.807) is 23.1 Å². The summed E-state index contributed by atoms with van der Waals surface area (Å²) in [5, 5.41) is 2.89. The molecule has 0 atom stereocenters. The van der Waals surface area contributed by atoms with Crippen LogP contribution in [-0.2, 0) is 0 Å². The highest BCUT2D eigenvalue weighted by Crippen LogP contribution is 2.20. The lowest BCUT2D eigenvalue weighted by Crippen LogP contribution is -2.32. The minimum absolute atomic E-state index is 0.204. The van der Waals surface area contributed by atoms with Crippen molar-refractivity contribution in [2.75, 3.05) is 11.4 Å². The second-order valence-corrected chi connectivity index (χ2v) is 6.04. The number of carbonyl (C=O) groups excluding carboxylic acids is 2. The van der Waals surface area contributed by atoms with Crippen LogP contribution in [0.1, 0.15) is 46.3 Å². The Morgan fingerprint density at radius 3 is 2.54 bits per heavy atom.